The molecule has 38 heavy (non-hydrogen) atoms. The standard InChI is InChI=1S/C28H32N4O5S/c1-18-6-2-3-7-21(18)27(34)30-24-10-11-26(23-9-5-4-8-22(23)24)38(36,37)31-19-12-14-32(15-13-19)28(35)25-16-20(33)17-29-25/h2-11,19-20,25,29,31,33H,12-17H2,1H3,(H,30,34). The Morgan fingerprint density at radius 3 is 2.34 bits per heavy atom. The van der Waals surface area contributed by atoms with Gasteiger partial charge in [0.05, 0.1) is 17.0 Å². The topological polar surface area (TPSA) is 128 Å². The Morgan fingerprint density at radius 2 is 1.66 bits per heavy atom. The van der Waals surface area contributed by atoms with E-state index in [1.54, 1.807) is 47.4 Å². The number of carbonyl (C=O) groups is 2. The summed E-state index contributed by atoms with van der Waals surface area (Å²) in [5, 5.41) is 16.8. The molecule has 2 aliphatic heterocycles. The van der Waals surface area contributed by atoms with Gasteiger partial charge in [-0.15, -0.1) is 0 Å². The van der Waals surface area contributed by atoms with E-state index in [0.29, 0.717) is 60.9 Å². The number of nitrogens with zero attached hydrogens (tertiary/aromatic N) is 1. The Labute approximate surface area is 222 Å². The molecule has 10 heteroatoms. The number of hydrogen-bond acceptors (Lipinski definition) is 6. The number of aliphatic hydroxyl groups excluding tert-OH is 1. The average Bonchev–Trinajstić information content (AvgIpc) is 3.35. The van der Waals surface area contributed by atoms with E-state index in [1.165, 1.54) is 6.07 Å². The first-order valence-corrected chi connectivity index (χ1v) is 14.3. The summed E-state index contributed by atoms with van der Waals surface area (Å²) in [6, 6.07) is 16.9. The normalized spacial score (nSPS) is 20.5. The Balaban J connectivity index is 1.30. The molecule has 0 spiro atoms. The summed E-state index contributed by atoms with van der Waals surface area (Å²) < 4.78 is 29.7. The molecule has 2 aliphatic rings. The second-order valence-electron chi connectivity index (χ2n) is 10.00. The molecule has 0 aliphatic carbocycles. The molecule has 2 fully saturated rings. The molecule has 3 aromatic carbocycles. The number of piperidine rings is 1. The Bertz CT molecular complexity index is 1470. The van der Waals surface area contributed by atoms with E-state index in [1.807, 2.05) is 19.1 Å². The zero-order chi connectivity index (χ0) is 26.9. The summed E-state index contributed by atoms with van der Waals surface area (Å²) in [6.45, 7) is 3.18. The molecule has 2 saturated heterocycles. The zero-order valence-electron chi connectivity index (χ0n) is 21.2. The number of rotatable bonds is 6. The van der Waals surface area contributed by atoms with Crippen molar-refractivity contribution < 1.29 is 23.1 Å². The number of aliphatic hydroxyl groups is 1. The van der Waals surface area contributed by atoms with E-state index in [9.17, 15) is 23.1 Å². The van der Waals surface area contributed by atoms with E-state index in [0.717, 1.165) is 5.56 Å². The highest BCUT2D eigenvalue weighted by atomic mass is 32.2. The van der Waals surface area contributed by atoms with Crippen LogP contribution >= 0.6 is 0 Å². The fourth-order valence-corrected chi connectivity index (χ4v) is 6.77. The Morgan fingerprint density at radius 1 is 0.974 bits per heavy atom. The first-order valence-electron chi connectivity index (χ1n) is 12.8. The quantitative estimate of drug-likeness (QED) is 0.383. The van der Waals surface area contributed by atoms with Gasteiger partial charge in [-0.3, -0.25) is 9.59 Å². The fraction of sp³-hybridized carbons (Fsp3) is 0.357. The van der Waals surface area contributed by atoms with Crippen molar-refractivity contribution in [3.05, 3.63) is 71.8 Å². The minimum Gasteiger partial charge on any atom is -0.392 e. The molecule has 0 bridgehead atoms. The molecule has 2 atom stereocenters. The Hall–Kier alpha value is -3.31. The molecule has 0 radical (unpaired) electrons. The van der Waals surface area contributed by atoms with E-state index in [4.69, 9.17) is 0 Å². The molecule has 3 aromatic rings. The summed E-state index contributed by atoms with van der Waals surface area (Å²) in [4.78, 5) is 27.5. The van der Waals surface area contributed by atoms with Gasteiger partial charge in [0, 0.05) is 47.7 Å². The summed E-state index contributed by atoms with van der Waals surface area (Å²) in [7, 11) is -3.86. The maximum atomic E-state index is 13.5. The number of amides is 2. The van der Waals surface area contributed by atoms with Gasteiger partial charge in [-0.2, -0.15) is 0 Å². The first-order chi connectivity index (χ1) is 18.2. The fourth-order valence-electron chi connectivity index (χ4n) is 5.26. The lowest BCUT2D eigenvalue weighted by Crippen LogP contribution is -2.50. The van der Waals surface area contributed by atoms with Gasteiger partial charge in [0.25, 0.3) is 5.91 Å². The molecule has 2 amide bonds. The maximum absolute atomic E-state index is 13.5. The van der Waals surface area contributed by atoms with E-state index < -0.39 is 16.1 Å². The molecule has 5 rings (SSSR count). The van der Waals surface area contributed by atoms with E-state index >= 15 is 0 Å². The average molecular weight is 537 g/mol. The third kappa shape index (κ3) is 5.44. The summed E-state index contributed by atoms with van der Waals surface area (Å²) in [5.41, 5.74) is 1.94. The second-order valence-corrected chi connectivity index (χ2v) is 11.7. The van der Waals surface area contributed by atoms with Gasteiger partial charge < -0.3 is 20.6 Å². The highest BCUT2D eigenvalue weighted by Gasteiger charge is 2.34. The van der Waals surface area contributed by atoms with Crippen LogP contribution in [-0.2, 0) is 14.8 Å². The number of hydrogen-bond donors (Lipinski definition) is 4. The van der Waals surface area contributed by atoms with Crippen LogP contribution in [0.25, 0.3) is 10.8 Å². The van der Waals surface area contributed by atoms with Crippen LogP contribution in [0.2, 0.25) is 0 Å². The number of likely N-dealkylation sites (tertiary alicyclic amines) is 1. The smallest absolute Gasteiger partial charge is 0.255 e. The van der Waals surface area contributed by atoms with Crippen molar-refractivity contribution in [2.75, 3.05) is 25.0 Å². The van der Waals surface area contributed by atoms with Crippen LogP contribution in [0.1, 0.15) is 35.2 Å². The molecule has 200 valence electrons. The lowest BCUT2D eigenvalue weighted by molar-refractivity contribution is -0.134. The highest BCUT2D eigenvalue weighted by molar-refractivity contribution is 7.89. The predicted octanol–water partition coefficient (Wildman–Crippen LogP) is 2.39. The van der Waals surface area contributed by atoms with Crippen molar-refractivity contribution in [1.82, 2.24) is 14.9 Å². The number of fused-ring (bicyclic) bond motifs is 1. The number of aryl methyl sites for hydroxylation is 1. The molecule has 2 heterocycles. The minimum absolute atomic E-state index is 0.0443. The van der Waals surface area contributed by atoms with Crippen LogP contribution in [0.5, 0.6) is 0 Å². The zero-order valence-corrected chi connectivity index (χ0v) is 22.0. The highest BCUT2D eigenvalue weighted by Crippen LogP contribution is 2.30. The van der Waals surface area contributed by atoms with Crippen molar-refractivity contribution in [2.24, 2.45) is 0 Å². The number of anilines is 1. The van der Waals surface area contributed by atoms with E-state index in [2.05, 4.69) is 15.4 Å². The lowest BCUT2D eigenvalue weighted by Gasteiger charge is -2.33. The van der Waals surface area contributed by atoms with Crippen molar-refractivity contribution in [2.45, 2.75) is 49.3 Å². The van der Waals surface area contributed by atoms with Crippen molar-refractivity contribution in [3.63, 3.8) is 0 Å². The molecule has 9 nitrogen and oxygen atoms in total. The summed E-state index contributed by atoms with van der Waals surface area (Å²) >= 11 is 0. The van der Waals surface area contributed by atoms with Crippen molar-refractivity contribution >= 4 is 38.3 Å². The van der Waals surface area contributed by atoms with E-state index in [-0.39, 0.29) is 28.8 Å². The SMILES string of the molecule is Cc1ccccc1C(=O)Nc1ccc(S(=O)(=O)NC2CCN(C(=O)C3CC(O)CN3)CC2)c2ccccc12. The maximum Gasteiger partial charge on any atom is 0.255 e. The molecule has 4 N–H and O–H groups in total. The van der Waals surface area contributed by atoms with Gasteiger partial charge in [0.1, 0.15) is 0 Å². The van der Waals surface area contributed by atoms with Crippen LogP contribution < -0.4 is 15.4 Å². The molecule has 2 unspecified atom stereocenters. The summed E-state index contributed by atoms with van der Waals surface area (Å²) in [6.07, 6.45) is 0.899. The van der Waals surface area contributed by atoms with Crippen molar-refractivity contribution in [3.8, 4) is 0 Å². The van der Waals surface area contributed by atoms with Gasteiger partial charge in [0.2, 0.25) is 15.9 Å². The first kappa shape index (κ1) is 26.3. The van der Waals surface area contributed by atoms with Crippen LogP contribution in [0.15, 0.2) is 65.6 Å². The van der Waals surface area contributed by atoms with Gasteiger partial charge in [-0.1, -0.05) is 42.5 Å². The molecule has 0 aromatic heterocycles. The van der Waals surface area contributed by atoms with Gasteiger partial charge in [-0.05, 0) is 49.9 Å². The molecular weight excluding hydrogens is 504 g/mol. The third-order valence-corrected chi connectivity index (χ3v) is 8.92. The largest absolute Gasteiger partial charge is 0.392 e. The monoisotopic (exact) mass is 536 g/mol. The van der Waals surface area contributed by atoms with Crippen LogP contribution in [0.4, 0.5) is 5.69 Å². The van der Waals surface area contributed by atoms with Crippen LogP contribution in [-0.4, -0.2) is 68.1 Å². The number of β-amino-alcohol motifs (C(OH)–C–C–N with tert-alkyl or cyclic N) is 1. The van der Waals surface area contributed by atoms with Gasteiger partial charge in [-0.25, -0.2) is 13.1 Å². The number of carbonyl (C=O) groups excluding carboxylic acids is 2. The predicted molar refractivity (Wildman–Crippen MR) is 145 cm³/mol. The third-order valence-electron chi connectivity index (χ3n) is 7.35. The number of nitrogens with one attached hydrogen (secondary N) is 3. The minimum atomic E-state index is -3.86. The summed E-state index contributed by atoms with van der Waals surface area (Å²) in [5.74, 6) is -0.303. The van der Waals surface area contributed by atoms with Crippen LogP contribution in [0, 0.1) is 6.92 Å². The molecular formula is C28H32N4O5S. The lowest BCUT2D eigenvalue weighted by atomic mass is 10.0. The molecule has 0 saturated carbocycles. The number of sulfonamides is 1. The second kappa shape index (κ2) is 10.8. The van der Waals surface area contributed by atoms with Crippen molar-refractivity contribution in [1.29, 1.82) is 0 Å². The Kier molecular flexibility index (Phi) is 7.49. The number of benzene rings is 3. The van der Waals surface area contributed by atoms with Gasteiger partial charge >= 0.3 is 0 Å². The van der Waals surface area contributed by atoms with Gasteiger partial charge in [0.15, 0.2) is 0 Å². The van der Waals surface area contributed by atoms with Crippen LogP contribution in [0.3, 0.4) is 0 Å².